The Balaban J connectivity index is 1.59. The van der Waals surface area contributed by atoms with Gasteiger partial charge in [0.1, 0.15) is 6.54 Å². The Labute approximate surface area is 197 Å². The van der Waals surface area contributed by atoms with Gasteiger partial charge in [0, 0.05) is 19.9 Å². The van der Waals surface area contributed by atoms with Gasteiger partial charge in [-0.3, -0.25) is 24.1 Å². The van der Waals surface area contributed by atoms with Crippen LogP contribution in [0.15, 0.2) is 48.5 Å². The maximum Gasteiger partial charge on any atom is 0.325 e. The summed E-state index contributed by atoms with van der Waals surface area (Å²) in [5.41, 5.74) is -0.0608. The molecule has 178 valence electrons. The molecule has 0 saturated carbocycles. The summed E-state index contributed by atoms with van der Waals surface area (Å²) in [7, 11) is 1.48. The Morgan fingerprint density at radius 2 is 1.82 bits per heavy atom. The zero-order valence-corrected chi connectivity index (χ0v) is 19.1. The minimum atomic E-state index is -1.35. The molecule has 1 atom stereocenters. The van der Waals surface area contributed by atoms with E-state index in [2.05, 4.69) is 0 Å². The minimum absolute atomic E-state index is 0.0513. The fourth-order valence-electron chi connectivity index (χ4n) is 4.29. The molecule has 0 radical (unpaired) electrons. The third kappa shape index (κ3) is 4.46. The van der Waals surface area contributed by atoms with E-state index in [1.54, 1.807) is 55.5 Å². The fraction of sp³-hybridized carbons (Fsp3) is 0.360. The van der Waals surface area contributed by atoms with E-state index in [0.717, 1.165) is 0 Å². The van der Waals surface area contributed by atoms with E-state index in [9.17, 15) is 19.2 Å². The molecule has 0 unspecified atom stereocenters. The molecule has 2 heterocycles. The number of likely N-dealkylation sites (tertiary alicyclic amines) is 1. The van der Waals surface area contributed by atoms with Gasteiger partial charge < -0.3 is 19.1 Å². The lowest BCUT2D eigenvalue weighted by Crippen LogP contribution is -2.43. The van der Waals surface area contributed by atoms with Crippen molar-refractivity contribution in [3.63, 3.8) is 0 Å². The average Bonchev–Trinajstić information content (AvgIpc) is 3.38. The molecular formula is C25H26N2O7. The average molecular weight is 466 g/mol. The molecule has 1 saturated heterocycles. The molecule has 2 aromatic carbocycles. The number of hydrogen-bond acceptors (Lipinski definition) is 7. The maximum absolute atomic E-state index is 13.7. The van der Waals surface area contributed by atoms with Gasteiger partial charge in [0.15, 0.2) is 11.5 Å². The molecule has 4 rings (SSSR count). The van der Waals surface area contributed by atoms with Crippen LogP contribution in [0.2, 0.25) is 0 Å². The van der Waals surface area contributed by atoms with Crippen LogP contribution in [0.1, 0.15) is 30.9 Å². The second kappa shape index (κ2) is 9.54. The van der Waals surface area contributed by atoms with Crippen molar-refractivity contribution in [1.29, 1.82) is 0 Å². The molecule has 1 fully saturated rings. The van der Waals surface area contributed by atoms with Crippen molar-refractivity contribution in [1.82, 2.24) is 9.80 Å². The molecule has 0 bridgehead atoms. The summed E-state index contributed by atoms with van der Waals surface area (Å²) in [5.74, 6) is -0.613. The van der Waals surface area contributed by atoms with Crippen molar-refractivity contribution in [3.8, 4) is 11.5 Å². The number of fused-ring (bicyclic) bond motifs is 1. The number of esters is 1. The van der Waals surface area contributed by atoms with E-state index in [4.69, 9.17) is 14.2 Å². The zero-order valence-electron chi connectivity index (χ0n) is 19.1. The van der Waals surface area contributed by atoms with Crippen LogP contribution < -0.4 is 9.47 Å². The number of imide groups is 1. The SMILES string of the molecule is CCOC(=O)CN(C)C(=O)C[C@]1(c2ccccc2)CC(=O)N(Cc2ccc3c(c2)OCO3)C1=O. The van der Waals surface area contributed by atoms with E-state index < -0.39 is 23.2 Å². The van der Waals surface area contributed by atoms with Gasteiger partial charge in [-0.1, -0.05) is 36.4 Å². The highest BCUT2D eigenvalue weighted by Crippen LogP contribution is 2.41. The lowest BCUT2D eigenvalue weighted by molar-refractivity contribution is -0.149. The summed E-state index contributed by atoms with van der Waals surface area (Å²) in [5, 5.41) is 0. The second-order valence-electron chi connectivity index (χ2n) is 8.33. The maximum atomic E-state index is 13.7. The van der Waals surface area contributed by atoms with Crippen LogP contribution in [0.5, 0.6) is 11.5 Å². The number of ether oxygens (including phenoxy) is 3. The predicted octanol–water partition coefficient (Wildman–Crippen LogP) is 2.02. The molecule has 0 aromatic heterocycles. The van der Waals surface area contributed by atoms with Crippen molar-refractivity contribution in [2.45, 2.75) is 31.7 Å². The van der Waals surface area contributed by atoms with E-state index >= 15 is 0 Å². The van der Waals surface area contributed by atoms with E-state index in [1.165, 1.54) is 16.8 Å². The Morgan fingerprint density at radius 3 is 2.56 bits per heavy atom. The van der Waals surface area contributed by atoms with Gasteiger partial charge in [0.05, 0.1) is 18.6 Å². The van der Waals surface area contributed by atoms with Crippen molar-refractivity contribution in [2.75, 3.05) is 27.0 Å². The van der Waals surface area contributed by atoms with Crippen molar-refractivity contribution >= 4 is 23.7 Å². The van der Waals surface area contributed by atoms with Gasteiger partial charge >= 0.3 is 5.97 Å². The first-order chi connectivity index (χ1) is 16.3. The summed E-state index contributed by atoms with van der Waals surface area (Å²) in [6.45, 7) is 1.83. The first-order valence-electron chi connectivity index (χ1n) is 11.0. The van der Waals surface area contributed by atoms with Crippen LogP contribution in [0, 0.1) is 0 Å². The molecule has 0 N–H and O–H groups in total. The highest BCUT2D eigenvalue weighted by molar-refractivity contribution is 6.10. The van der Waals surface area contributed by atoms with Crippen LogP contribution in [-0.2, 0) is 35.9 Å². The summed E-state index contributed by atoms with van der Waals surface area (Å²) in [6, 6.07) is 14.1. The fourth-order valence-corrected chi connectivity index (χ4v) is 4.29. The minimum Gasteiger partial charge on any atom is -0.465 e. The van der Waals surface area contributed by atoms with E-state index in [-0.39, 0.29) is 45.2 Å². The number of nitrogens with zero attached hydrogens (tertiary/aromatic N) is 2. The third-order valence-electron chi connectivity index (χ3n) is 6.06. The first kappa shape index (κ1) is 23.3. The molecule has 0 aliphatic carbocycles. The highest BCUT2D eigenvalue weighted by atomic mass is 16.7. The highest BCUT2D eigenvalue weighted by Gasteiger charge is 2.54. The van der Waals surface area contributed by atoms with Crippen molar-refractivity contribution in [3.05, 3.63) is 59.7 Å². The smallest absolute Gasteiger partial charge is 0.325 e. The molecule has 9 nitrogen and oxygen atoms in total. The number of benzene rings is 2. The van der Waals surface area contributed by atoms with Crippen molar-refractivity contribution < 1.29 is 33.4 Å². The lowest BCUT2D eigenvalue weighted by atomic mass is 9.75. The van der Waals surface area contributed by atoms with Gasteiger partial charge in [-0.05, 0) is 30.2 Å². The molecule has 34 heavy (non-hydrogen) atoms. The molecule has 2 aromatic rings. The zero-order chi connectivity index (χ0) is 24.3. The third-order valence-corrected chi connectivity index (χ3v) is 6.06. The number of hydrogen-bond donors (Lipinski definition) is 0. The number of amides is 3. The molecule has 0 spiro atoms. The Morgan fingerprint density at radius 1 is 1.09 bits per heavy atom. The molecule has 3 amide bonds. The van der Waals surface area contributed by atoms with Crippen LogP contribution in [0.4, 0.5) is 0 Å². The van der Waals surface area contributed by atoms with E-state index in [0.29, 0.717) is 22.6 Å². The molecule has 2 aliphatic heterocycles. The standard InChI is InChI=1S/C25H26N2O7/c1-3-32-23(30)15-26(2)21(28)12-25(18-7-5-4-6-8-18)13-22(29)27(24(25)31)14-17-9-10-19-20(11-17)34-16-33-19/h4-11H,3,12-16H2,1-2H3/t25-/m1/s1. The number of carbonyl (C=O) groups excluding carboxylic acids is 4. The number of rotatable bonds is 8. The monoisotopic (exact) mass is 466 g/mol. The predicted molar refractivity (Wildman–Crippen MR) is 120 cm³/mol. The van der Waals surface area contributed by atoms with Gasteiger partial charge in [-0.15, -0.1) is 0 Å². The van der Waals surface area contributed by atoms with Crippen molar-refractivity contribution in [2.24, 2.45) is 0 Å². The van der Waals surface area contributed by atoms with Gasteiger partial charge in [-0.2, -0.15) is 0 Å². The van der Waals surface area contributed by atoms with Crippen LogP contribution in [0.3, 0.4) is 0 Å². The first-order valence-corrected chi connectivity index (χ1v) is 11.0. The van der Waals surface area contributed by atoms with Gasteiger partial charge in [0.25, 0.3) is 0 Å². The van der Waals surface area contributed by atoms with Crippen LogP contribution in [-0.4, -0.2) is 60.5 Å². The van der Waals surface area contributed by atoms with Gasteiger partial charge in [-0.25, -0.2) is 0 Å². The summed E-state index contributed by atoms with van der Waals surface area (Å²) in [4.78, 5) is 54.1. The number of carbonyl (C=O) groups is 4. The Hall–Kier alpha value is -3.88. The van der Waals surface area contributed by atoms with Gasteiger partial charge in [0.2, 0.25) is 24.5 Å². The summed E-state index contributed by atoms with van der Waals surface area (Å²) in [6.07, 6.45) is -0.380. The summed E-state index contributed by atoms with van der Waals surface area (Å²) < 4.78 is 15.6. The Kier molecular flexibility index (Phi) is 6.54. The largest absolute Gasteiger partial charge is 0.465 e. The normalized spacial score (nSPS) is 18.8. The second-order valence-corrected chi connectivity index (χ2v) is 8.33. The lowest BCUT2D eigenvalue weighted by Gasteiger charge is -2.29. The Bertz CT molecular complexity index is 1120. The van der Waals surface area contributed by atoms with E-state index in [1.807, 2.05) is 0 Å². The molecule has 9 heteroatoms. The molecule has 2 aliphatic rings. The van der Waals surface area contributed by atoms with Crippen LogP contribution >= 0.6 is 0 Å². The quantitative estimate of drug-likeness (QED) is 0.433. The topological polar surface area (TPSA) is 102 Å². The molecular weight excluding hydrogens is 440 g/mol. The number of likely N-dealkylation sites (N-methyl/N-ethyl adjacent to an activating group) is 1. The summed E-state index contributed by atoms with van der Waals surface area (Å²) >= 11 is 0. The van der Waals surface area contributed by atoms with Crippen LogP contribution in [0.25, 0.3) is 0 Å².